The molecular weight excluding hydrogens is 564 g/mol. The number of likely N-dealkylation sites (N-methyl/N-ethyl adjacent to an activating group) is 1. The summed E-state index contributed by atoms with van der Waals surface area (Å²) < 4.78 is 20.3. The number of urea groups is 1. The molecule has 42 heavy (non-hydrogen) atoms. The number of halogens is 1. The Hall–Kier alpha value is -5.26. The average molecular weight is 587 g/mol. The van der Waals surface area contributed by atoms with Crippen LogP contribution in [0.3, 0.4) is 0 Å². The normalized spacial score (nSPS) is 17.2. The van der Waals surface area contributed by atoms with Gasteiger partial charge in [-0.3, -0.25) is 29.4 Å². The van der Waals surface area contributed by atoms with Crippen LogP contribution in [0, 0.1) is 15.9 Å². The first-order chi connectivity index (χ1) is 19.8. The highest BCUT2D eigenvalue weighted by Crippen LogP contribution is 2.33. The number of amides is 5. The molecule has 0 radical (unpaired) electrons. The van der Waals surface area contributed by atoms with Gasteiger partial charge in [0.05, 0.1) is 16.4 Å². The lowest BCUT2D eigenvalue weighted by atomic mass is 9.72. The summed E-state index contributed by atoms with van der Waals surface area (Å²) in [5.41, 5.74) is -1.74. The van der Waals surface area contributed by atoms with E-state index in [4.69, 9.17) is 4.65 Å². The van der Waals surface area contributed by atoms with Gasteiger partial charge in [0, 0.05) is 37.3 Å². The third-order valence-electron chi connectivity index (χ3n) is 6.74. The van der Waals surface area contributed by atoms with Crippen molar-refractivity contribution in [3.05, 3.63) is 63.0 Å². The van der Waals surface area contributed by atoms with Crippen molar-refractivity contribution in [3.63, 3.8) is 0 Å². The van der Waals surface area contributed by atoms with Gasteiger partial charge in [0.15, 0.2) is 5.75 Å². The number of carboxylic acids is 1. The summed E-state index contributed by atoms with van der Waals surface area (Å²) in [6.45, 7) is 1.52. The lowest BCUT2D eigenvalue weighted by molar-refractivity contribution is -0.386. The predicted octanol–water partition coefficient (Wildman–Crippen LogP) is -0.281. The van der Waals surface area contributed by atoms with Crippen LogP contribution in [0.1, 0.15) is 34.5 Å². The Kier molecular flexibility index (Phi) is 8.28. The molecule has 220 valence electrons. The molecule has 2 aromatic rings. The second-order valence-corrected chi connectivity index (χ2v) is 9.27. The number of aromatic hydroxyl groups is 1. The lowest BCUT2D eigenvalue weighted by Crippen LogP contribution is -2.60. The van der Waals surface area contributed by atoms with Crippen LogP contribution in [0.5, 0.6) is 11.5 Å². The van der Waals surface area contributed by atoms with Crippen LogP contribution in [-0.4, -0.2) is 92.4 Å². The second-order valence-electron chi connectivity index (χ2n) is 9.27. The molecule has 4 rings (SSSR count). The molecule has 2 heterocycles. The number of piperazine rings is 1. The van der Waals surface area contributed by atoms with E-state index in [9.17, 15) is 49.3 Å². The standard InChI is InChI=1S/C24H23BFN5O11/c1-2-29-6-7-30(22(35)21(29)34)24(38)28-18(13-9-15(31(40)41)16(32)10-14(13)26)20(33)27-17-8-11-4-3-5-12(23(36)37)19(11)42-25(17)39/h3-5,9-10,17-18,32,39H,2,6-8H2,1H3,(H,27,33)(H,28,38)(H,36,37)/t17-,18?/m0/s1. The van der Waals surface area contributed by atoms with Crippen molar-refractivity contribution < 1.29 is 53.2 Å². The Morgan fingerprint density at radius 2 is 1.95 bits per heavy atom. The summed E-state index contributed by atoms with van der Waals surface area (Å²) in [5, 5.41) is 45.5. The number of imide groups is 1. The number of nitro groups is 1. The number of para-hydroxylation sites is 1. The van der Waals surface area contributed by atoms with Crippen LogP contribution in [0.4, 0.5) is 14.9 Å². The quantitative estimate of drug-likeness (QED) is 0.122. The van der Waals surface area contributed by atoms with E-state index >= 15 is 4.39 Å². The molecule has 2 aliphatic rings. The number of rotatable bonds is 7. The first kappa shape index (κ1) is 29.7. The maximum Gasteiger partial charge on any atom is 0.547 e. The van der Waals surface area contributed by atoms with Gasteiger partial charge >= 0.3 is 36.6 Å². The zero-order valence-electron chi connectivity index (χ0n) is 21.8. The number of nitrogens with zero attached hydrogens (tertiary/aromatic N) is 3. The van der Waals surface area contributed by atoms with Gasteiger partial charge in [0.1, 0.15) is 17.6 Å². The van der Waals surface area contributed by atoms with Crippen molar-refractivity contribution in [2.24, 2.45) is 0 Å². The number of hydrogen-bond donors (Lipinski definition) is 5. The Morgan fingerprint density at radius 3 is 2.60 bits per heavy atom. The summed E-state index contributed by atoms with van der Waals surface area (Å²) in [7, 11) is -1.81. The van der Waals surface area contributed by atoms with E-state index in [0.717, 1.165) is 0 Å². The number of hydrogen-bond acceptors (Lipinski definition) is 10. The van der Waals surface area contributed by atoms with Crippen molar-refractivity contribution >= 4 is 42.5 Å². The van der Waals surface area contributed by atoms with Crippen LogP contribution in [0.15, 0.2) is 30.3 Å². The number of aromatic carboxylic acids is 1. The minimum atomic E-state index is -2.08. The predicted molar refractivity (Wildman–Crippen MR) is 138 cm³/mol. The van der Waals surface area contributed by atoms with E-state index in [1.54, 1.807) is 6.92 Å². The largest absolute Gasteiger partial charge is 0.547 e. The fraction of sp³-hybridized carbons (Fsp3) is 0.292. The van der Waals surface area contributed by atoms with Crippen molar-refractivity contribution in [2.75, 3.05) is 19.6 Å². The molecule has 0 spiro atoms. The average Bonchev–Trinajstić information content (AvgIpc) is 2.93. The molecule has 1 fully saturated rings. The number of nitro benzene ring substituents is 1. The topological polar surface area (TPSA) is 229 Å². The van der Waals surface area contributed by atoms with Crippen LogP contribution in [0.25, 0.3) is 0 Å². The van der Waals surface area contributed by atoms with Crippen molar-refractivity contribution in [3.8, 4) is 11.5 Å². The Balaban J connectivity index is 1.66. The highest BCUT2D eigenvalue weighted by molar-refractivity contribution is 6.47. The highest BCUT2D eigenvalue weighted by Gasteiger charge is 2.41. The zero-order chi connectivity index (χ0) is 30.9. The van der Waals surface area contributed by atoms with Gasteiger partial charge in [-0.25, -0.2) is 14.0 Å². The van der Waals surface area contributed by atoms with Crippen LogP contribution in [-0.2, 0) is 20.8 Å². The fourth-order valence-corrected chi connectivity index (χ4v) is 4.57. The van der Waals surface area contributed by atoms with Crippen molar-refractivity contribution in [1.82, 2.24) is 20.4 Å². The van der Waals surface area contributed by atoms with Crippen LogP contribution < -0.4 is 15.3 Å². The maximum atomic E-state index is 15.0. The first-order valence-corrected chi connectivity index (χ1v) is 12.4. The van der Waals surface area contributed by atoms with Gasteiger partial charge in [-0.05, 0) is 25.0 Å². The molecule has 2 atom stereocenters. The monoisotopic (exact) mass is 587 g/mol. The molecule has 0 bridgehead atoms. The van der Waals surface area contributed by atoms with Gasteiger partial charge in [-0.15, -0.1) is 0 Å². The molecule has 18 heteroatoms. The lowest BCUT2D eigenvalue weighted by Gasteiger charge is -2.33. The van der Waals surface area contributed by atoms with Gasteiger partial charge in [0.25, 0.3) is 0 Å². The number of carbonyl (C=O) groups is 5. The molecule has 0 aliphatic carbocycles. The van der Waals surface area contributed by atoms with E-state index in [0.29, 0.717) is 17.0 Å². The zero-order valence-corrected chi connectivity index (χ0v) is 21.8. The molecule has 16 nitrogen and oxygen atoms in total. The van der Waals surface area contributed by atoms with Gasteiger partial charge < -0.3 is 35.4 Å². The van der Waals surface area contributed by atoms with E-state index in [1.807, 2.05) is 0 Å². The van der Waals surface area contributed by atoms with E-state index in [1.165, 1.54) is 23.1 Å². The number of carboxylic acid groups (broad SMARTS) is 1. The summed E-state index contributed by atoms with van der Waals surface area (Å²) in [6, 6.07) is 1.63. The van der Waals surface area contributed by atoms with Crippen LogP contribution >= 0.6 is 0 Å². The van der Waals surface area contributed by atoms with Gasteiger partial charge in [-0.2, -0.15) is 0 Å². The van der Waals surface area contributed by atoms with Crippen molar-refractivity contribution in [2.45, 2.75) is 25.3 Å². The third-order valence-corrected chi connectivity index (χ3v) is 6.74. The molecule has 2 aromatic carbocycles. The number of benzene rings is 2. The Bertz CT molecular complexity index is 1510. The molecule has 1 saturated heterocycles. The maximum absolute atomic E-state index is 15.0. The highest BCUT2D eigenvalue weighted by atomic mass is 19.1. The molecular formula is C24H23BFN5O11. The minimum absolute atomic E-state index is 0.0201. The van der Waals surface area contributed by atoms with E-state index < -0.39 is 76.6 Å². The molecule has 2 aliphatic heterocycles. The SMILES string of the molecule is CCN1CCN(C(=O)NC(C(=O)N[C@H]2Cc3cccc(C(=O)O)c3OB2O)c2cc([N+](=O)[O-])c(O)cc2F)C(=O)C1=O. The summed E-state index contributed by atoms with van der Waals surface area (Å²) in [6.07, 6.45) is -0.172. The molecule has 1 unspecified atom stereocenters. The summed E-state index contributed by atoms with van der Waals surface area (Å²) in [4.78, 5) is 74.8. The van der Waals surface area contributed by atoms with Gasteiger partial charge in [-0.1, -0.05) is 12.1 Å². The summed E-state index contributed by atoms with van der Waals surface area (Å²) >= 11 is 0. The van der Waals surface area contributed by atoms with E-state index in [-0.39, 0.29) is 42.9 Å². The summed E-state index contributed by atoms with van der Waals surface area (Å²) in [5.74, 6) is -8.59. The fourth-order valence-electron chi connectivity index (χ4n) is 4.57. The van der Waals surface area contributed by atoms with E-state index in [2.05, 4.69) is 10.6 Å². The Morgan fingerprint density at radius 1 is 1.24 bits per heavy atom. The molecule has 5 amide bonds. The van der Waals surface area contributed by atoms with Crippen molar-refractivity contribution in [1.29, 1.82) is 0 Å². The number of phenols is 1. The number of nitrogens with one attached hydrogen (secondary N) is 2. The second kappa shape index (κ2) is 11.7. The number of fused-ring (bicyclic) bond motifs is 1. The molecule has 0 aromatic heterocycles. The third kappa shape index (κ3) is 5.64. The molecule has 0 saturated carbocycles. The van der Waals surface area contributed by atoms with Crippen LogP contribution in [0.2, 0.25) is 0 Å². The minimum Gasteiger partial charge on any atom is -0.534 e. The smallest absolute Gasteiger partial charge is 0.534 e. The number of carbonyl (C=O) groups excluding carboxylic acids is 4. The Labute approximate surface area is 235 Å². The molecule has 5 N–H and O–H groups in total. The number of phenolic OH excluding ortho intramolecular Hbond substituents is 1. The first-order valence-electron chi connectivity index (χ1n) is 12.4. The van der Waals surface area contributed by atoms with Gasteiger partial charge in [0.2, 0.25) is 5.91 Å².